The Balaban J connectivity index is -0.000000439. The highest BCUT2D eigenvalue weighted by Gasteiger charge is 1.90. The van der Waals surface area contributed by atoms with Crippen LogP contribution in [0.25, 0.3) is 0 Å². The van der Waals surface area contributed by atoms with Crippen molar-refractivity contribution in [1.82, 2.24) is 0 Å². The summed E-state index contributed by atoms with van der Waals surface area (Å²) in [5, 5.41) is 8.40. The molecule has 0 aromatic rings. The summed E-state index contributed by atoms with van der Waals surface area (Å²) in [5.74, 6) is 0. The van der Waals surface area contributed by atoms with Gasteiger partial charge < -0.3 is 14.6 Å². The van der Waals surface area contributed by atoms with Gasteiger partial charge in [-0.3, -0.25) is 0 Å². The maximum absolute atomic E-state index is 8.40. The van der Waals surface area contributed by atoms with Gasteiger partial charge in [-0.1, -0.05) is 26.2 Å². The van der Waals surface area contributed by atoms with Crippen molar-refractivity contribution in [1.29, 1.82) is 0 Å². The number of rotatable bonds is 10. The molecule has 0 fully saturated rings. The van der Waals surface area contributed by atoms with Gasteiger partial charge in [-0.15, -0.1) is 26.3 Å². The van der Waals surface area contributed by atoms with E-state index in [4.69, 9.17) is 14.6 Å². The molecule has 0 atom stereocenters. The van der Waals surface area contributed by atoms with E-state index in [0.29, 0.717) is 19.8 Å². The third-order valence-corrected chi connectivity index (χ3v) is 1.75. The van der Waals surface area contributed by atoms with Crippen LogP contribution < -0.4 is 0 Å². The first-order chi connectivity index (χ1) is 8.41. The number of ether oxygens (including phenoxy) is 2. The lowest BCUT2D eigenvalue weighted by Gasteiger charge is -2.04. The van der Waals surface area contributed by atoms with E-state index in [0.717, 1.165) is 13.0 Å². The lowest BCUT2D eigenvalue weighted by molar-refractivity contribution is 0.0321. The van der Waals surface area contributed by atoms with Gasteiger partial charge in [0.1, 0.15) is 0 Å². The summed E-state index contributed by atoms with van der Waals surface area (Å²) >= 11 is 0. The van der Waals surface area contributed by atoms with Crippen molar-refractivity contribution in [2.45, 2.75) is 32.6 Å². The Labute approximate surface area is 107 Å². The fourth-order valence-electron chi connectivity index (χ4n) is 1.02. The van der Waals surface area contributed by atoms with E-state index in [1.54, 1.807) is 0 Å². The maximum atomic E-state index is 8.40. The van der Waals surface area contributed by atoms with Crippen molar-refractivity contribution in [2.24, 2.45) is 0 Å². The molecule has 0 aliphatic heterocycles. The predicted molar refractivity (Wildman–Crippen MR) is 75.4 cm³/mol. The largest absolute Gasteiger partial charge is 0.394 e. The molecule has 0 saturated heterocycles. The molecule has 0 aliphatic rings. The summed E-state index contributed by atoms with van der Waals surface area (Å²) in [6, 6.07) is 0. The van der Waals surface area contributed by atoms with Crippen LogP contribution >= 0.6 is 0 Å². The van der Waals surface area contributed by atoms with Gasteiger partial charge in [0.15, 0.2) is 0 Å². The second kappa shape index (κ2) is 29.5. The van der Waals surface area contributed by atoms with Crippen molar-refractivity contribution in [3.63, 3.8) is 0 Å². The van der Waals surface area contributed by atoms with E-state index in [-0.39, 0.29) is 6.61 Å². The summed E-state index contributed by atoms with van der Waals surface area (Å²) in [6.07, 6.45) is 4.96. The van der Waals surface area contributed by atoms with Gasteiger partial charge in [-0.2, -0.15) is 0 Å². The van der Waals surface area contributed by atoms with Crippen molar-refractivity contribution in [3.8, 4) is 0 Å². The third-order valence-electron chi connectivity index (χ3n) is 1.75. The van der Waals surface area contributed by atoms with E-state index in [1.165, 1.54) is 19.3 Å². The van der Waals surface area contributed by atoms with Gasteiger partial charge in [-0.25, -0.2) is 0 Å². The lowest BCUT2D eigenvalue weighted by Crippen LogP contribution is -2.07. The van der Waals surface area contributed by atoms with Crippen LogP contribution in [-0.4, -0.2) is 38.1 Å². The molecule has 3 heteroatoms. The maximum Gasteiger partial charge on any atom is 0.0701 e. The first kappa shape index (κ1) is 21.6. The van der Waals surface area contributed by atoms with E-state index >= 15 is 0 Å². The molecule has 0 aromatic carbocycles. The Morgan fingerprint density at radius 3 is 1.76 bits per heavy atom. The number of unbranched alkanes of at least 4 members (excludes halogenated alkanes) is 3. The summed E-state index contributed by atoms with van der Waals surface area (Å²) in [4.78, 5) is 0. The summed E-state index contributed by atoms with van der Waals surface area (Å²) in [6.45, 7) is 16.8. The van der Waals surface area contributed by atoms with Crippen molar-refractivity contribution < 1.29 is 14.6 Å². The molecule has 0 rings (SSSR count). The average molecular weight is 246 g/mol. The summed E-state index contributed by atoms with van der Waals surface area (Å²) in [5.41, 5.74) is 0. The quantitative estimate of drug-likeness (QED) is 0.475. The molecule has 0 amide bonds. The Kier molecular flexibility index (Phi) is 37.5. The molecule has 0 aromatic heterocycles. The van der Waals surface area contributed by atoms with Crippen LogP contribution in [0.4, 0.5) is 0 Å². The third kappa shape index (κ3) is 31.3. The van der Waals surface area contributed by atoms with Crippen LogP contribution in [0, 0.1) is 0 Å². The number of aliphatic hydroxyl groups excluding tert-OH is 1. The minimum Gasteiger partial charge on any atom is -0.394 e. The lowest BCUT2D eigenvalue weighted by atomic mass is 10.2. The molecule has 0 spiro atoms. The molecule has 0 unspecified atom stereocenters. The fourth-order valence-corrected chi connectivity index (χ4v) is 1.02. The molecular formula is C14H30O3. The molecule has 0 bridgehead atoms. The van der Waals surface area contributed by atoms with E-state index in [9.17, 15) is 0 Å². The van der Waals surface area contributed by atoms with Crippen LogP contribution in [0.3, 0.4) is 0 Å². The van der Waals surface area contributed by atoms with Crippen LogP contribution in [0.15, 0.2) is 26.3 Å². The smallest absolute Gasteiger partial charge is 0.0701 e. The molecule has 0 heterocycles. The van der Waals surface area contributed by atoms with Crippen LogP contribution in [-0.2, 0) is 9.47 Å². The molecule has 17 heavy (non-hydrogen) atoms. The zero-order valence-corrected chi connectivity index (χ0v) is 11.5. The monoisotopic (exact) mass is 246 g/mol. The van der Waals surface area contributed by atoms with Gasteiger partial charge in [0.05, 0.1) is 26.4 Å². The zero-order chi connectivity index (χ0) is 13.8. The highest BCUT2D eigenvalue weighted by atomic mass is 16.5. The molecule has 0 aliphatic carbocycles. The van der Waals surface area contributed by atoms with Crippen molar-refractivity contribution >= 4 is 0 Å². The number of aliphatic hydroxyl groups is 1. The summed E-state index contributed by atoms with van der Waals surface area (Å²) in [7, 11) is 0. The van der Waals surface area contributed by atoms with Crippen LogP contribution in [0.1, 0.15) is 32.6 Å². The van der Waals surface area contributed by atoms with Gasteiger partial charge in [-0.05, 0) is 6.42 Å². The minimum atomic E-state index is 0.0938. The van der Waals surface area contributed by atoms with Crippen molar-refractivity contribution in [2.75, 3.05) is 33.0 Å². The topological polar surface area (TPSA) is 38.7 Å². The van der Waals surface area contributed by atoms with Crippen molar-refractivity contribution in [3.05, 3.63) is 26.3 Å². The van der Waals surface area contributed by atoms with Gasteiger partial charge >= 0.3 is 0 Å². The second-order valence-corrected chi connectivity index (χ2v) is 3.01. The fraction of sp³-hybridized carbons (Fsp3) is 0.714. The molecule has 104 valence electrons. The number of hydrogen-bond donors (Lipinski definition) is 1. The first-order valence-electron chi connectivity index (χ1n) is 6.18. The second-order valence-electron chi connectivity index (χ2n) is 3.01. The average Bonchev–Trinajstić information content (AvgIpc) is 2.42. The van der Waals surface area contributed by atoms with Gasteiger partial charge in [0, 0.05) is 6.61 Å². The molecule has 3 nitrogen and oxygen atoms in total. The van der Waals surface area contributed by atoms with Crippen LogP contribution in [0.5, 0.6) is 0 Å². The molecule has 1 N–H and O–H groups in total. The SMILES string of the molecule is C=C.C=C.CCCCCCOCCOCCO. The van der Waals surface area contributed by atoms with Crippen LogP contribution in [0.2, 0.25) is 0 Å². The highest BCUT2D eigenvalue weighted by Crippen LogP contribution is 1.98. The Hall–Kier alpha value is -0.640. The number of hydrogen-bond acceptors (Lipinski definition) is 3. The first-order valence-corrected chi connectivity index (χ1v) is 6.18. The Bertz CT molecular complexity index is 95.6. The predicted octanol–water partition coefficient (Wildman–Crippen LogP) is 3.20. The van der Waals surface area contributed by atoms with Gasteiger partial charge in [0.2, 0.25) is 0 Å². The normalized spacial score (nSPS) is 8.59. The molecule has 0 saturated carbocycles. The van der Waals surface area contributed by atoms with E-state index < -0.39 is 0 Å². The Morgan fingerprint density at radius 1 is 0.765 bits per heavy atom. The Morgan fingerprint density at radius 2 is 1.29 bits per heavy atom. The molecule has 0 radical (unpaired) electrons. The minimum absolute atomic E-state index is 0.0938. The van der Waals surface area contributed by atoms with Gasteiger partial charge in [0.25, 0.3) is 0 Å². The molecular weight excluding hydrogens is 216 g/mol. The summed E-state index contributed by atoms with van der Waals surface area (Å²) < 4.78 is 10.4. The zero-order valence-electron chi connectivity index (χ0n) is 11.5. The standard InChI is InChI=1S/C10H22O3.2C2H4/c1-2-3-4-5-7-12-9-10-13-8-6-11;2*1-2/h11H,2-10H2,1H3;2*1-2H2. The highest BCUT2D eigenvalue weighted by molar-refractivity contribution is 4.39. The van der Waals surface area contributed by atoms with E-state index in [2.05, 4.69) is 33.2 Å². The van der Waals surface area contributed by atoms with E-state index in [1.807, 2.05) is 0 Å².